The lowest BCUT2D eigenvalue weighted by Gasteiger charge is -2.34. The molecule has 0 aliphatic carbocycles. The van der Waals surface area contributed by atoms with Crippen molar-refractivity contribution >= 4 is 12.1 Å². The van der Waals surface area contributed by atoms with Gasteiger partial charge in [-0.1, -0.05) is 13.0 Å². The fourth-order valence-corrected chi connectivity index (χ4v) is 2.36. The summed E-state index contributed by atoms with van der Waals surface area (Å²) in [6, 6.07) is 4.05. The quantitative estimate of drug-likeness (QED) is 0.901. The van der Waals surface area contributed by atoms with Crippen molar-refractivity contribution < 1.29 is 4.79 Å². The van der Waals surface area contributed by atoms with Crippen LogP contribution in [-0.2, 0) is 10.3 Å². The minimum Gasteiger partial charge on any atom is -0.369 e. The van der Waals surface area contributed by atoms with Gasteiger partial charge in [-0.2, -0.15) is 0 Å². The number of aromatic nitrogens is 1. The molecule has 19 heavy (non-hydrogen) atoms. The van der Waals surface area contributed by atoms with E-state index in [1.807, 2.05) is 13.0 Å². The Morgan fingerprint density at radius 1 is 1.53 bits per heavy atom. The van der Waals surface area contributed by atoms with E-state index in [1.165, 1.54) is 0 Å². The van der Waals surface area contributed by atoms with Crippen LogP contribution >= 0.6 is 0 Å². The summed E-state index contributed by atoms with van der Waals surface area (Å²) in [5.41, 5.74) is 7.92. The number of carbonyl (C=O) groups is 1. The summed E-state index contributed by atoms with van der Waals surface area (Å²) in [5, 5.41) is 0. The Morgan fingerprint density at radius 2 is 2.26 bits per heavy atom. The monoisotopic (exact) mass is 257 g/mol. The molecule has 0 fully saturated rings. The number of nitrogens with zero attached hydrogens (tertiary/aromatic N) is 2. The first-order valence-corrected chi connectivity index (χ1v) is 6.39. The van der Waals surface area contributed by atoms with Gasteiger partial charge in [0.1, 0.15) is 0 Å². The number of dihydropyridines is 1. The molecule has 2 atom stereocenters. The summed E-state index contributed by atoms with van der Waals surface area (Å²) in [6.07, 6.45) is 5.90. The van der Waals surface area contributed by atoms with Crippen molar-refractivity contribution in [1.29, 1.82) is 0 Å². The number of aryl methyl sites for hydroxylation is 1. The van der Waals surface area contributed by atoms with Gasteiger partial charge >= 0.3 is 0 Å². The second kappa shape index (κ2) is 4.96. The fraction of sp³-hybridized carbons (Fsp3) is 0.400. The third kappa shape index (κ3) is 2.72. The van der Waals surface area contributed by atoms with E-state index >= 15 is 0 Å². The zero-order chi connectivity index (χ0) is 14.0. The predicted octanol–water partition coefficient (Wildman–Crippen LogP) is 2.13. The predicted molar refractivity (Wildman–Crippen MR) is 75.9 cm³/mol. The third-order valence-corrected chi connectivity index (χ3v) is 3.71. The number of hydrogen-bond donors (Lipinski definition) is 1. The average molecular weight is 257 g/mol. The first-order chi connectivity index (χ1) is 8.91. The molecule has 0 bridgehead atoms. The van der Waals surface area contributed by atoms with Crippen LogP contribution in [0.15, 0.2) is 35.0 Å². The lowest BCUT2D eigenvalue weighted by molar-refractivity contribution is -0.117. The number of amides is 1. The lowest BCUT2D eigenvalue weighted by Crippen LogP contribution is -2.30. The number of nitrogens with two attached hydrogens (primary N) is 1. The lowest BCUT2D eigenvalue weighted by atomic mass is 9.78. The molecule has 4 nitrogen and oxygen atoms in total. The molecule has 100 valence electrons. The number of primary amides is 1. The first-order valence-electron chi connectivity index (χ1n) is 6.39. The van der Waals surface area contributed by atoms with Gasteiger partial charge in [0.25, 0.3) is 0 Å². The molecule has 2 rings (SSSR count). The summed E-state index contributed by atoms with van der Waals surface area (Å²) >= 11 is 0. The molecule has 2 unspecified atom stereocenters. The molecule has 1 amide bonds. The van der Waals surface area contributed by atoms with E-state index in [1.54, 1.807) is 12.4 Å². The van der Waals surface area contributed by atoms with Crippen molar-refractivity contribution in [3.63, 3.8) is 0 Å². The number of hydrogen-bond acceptors (Lipinski definition) is 3. The maximum Gasteiger partial charge on any atom is 0.221 e. The summed E-state index contributed by atoms with van der Waals surface area (Å²) in [5.74, 6) is -0.123. The fourth-order valence-electron chi connectivity index (χ4n) is 2.36. The summed E-state index contributed by atoms with van der Waals surface area (Å²) in [6.45, 7) is 6.17. The summed E-state index contributed by atoms with van der Waals surface area (Å²) in [4.78, 5) is 19.8. The van der Waals surface area contributed by atoms with Crippen molar-refractivity contribution in [3.8, 4) is 0 Å². The number of pyridine rings is 1. The highest BCUT2D eigenvalue weighted by Gasteiger charge is 2.33. The van der Waals surface area contributed by atoms with Crippen LogP contribution in [0.1, 0.15) is 31.5 Å². The second-order valence-electron chi connectivity index (χ2n) is 5.26. The molecular formula is C15H19N3O. The highest BCUT2D eigenvalue weighted by Crippen LogP contribution is 2.37. The Bertz CT molecular complexity index is 562. The van der Waals surface area contributed by atoms with Crippen LogP contribution in [-0.4, -0.2) is 17.1 Å². The molecule has 1 aliphatic heterocycles. The van der Waals surface area contributed by atoms with E-state index in [0.29, 0.717) is 0 Å². The van der Waals surface area contributed by atoms with Gasteiger partial charge in [0.2, 0.25) is 5.91 Å². The molecule has 0 saturated carbocycles. The van der Waals surface area contributed by atoms with Gasteiger partial charge in [-0.15, -0.1) is 0 Å². The number of carbonyl (C=O) groups excluding carboxylic acids is 1. The maximum atomic E-state index is 11.0. The van der Waals surface area contributed by atoms with Crippen LogP contribution in [0, 0.1) is 12.8 Å². The second-order valence-corrected chi connectivity index (χ2v) is 5.26. The Balaban J connectivity index is 2.31. The molecule has 2 N–H and O–H groups in total. The summed E-state index contributed by atoms with van der Waals surface area (Å²) < 4.78 is 0. The number of aliphatic imine (C=N–C) groups is 1. The van der Waals surface area contributed by atoms with E-state index < -0.39 is 0 Å². The van der Waals surface area contributed by atoms with Gasteiger partial charge in [0, 0.05) is 24.0 Å². The highest BCUT2D eigenvalue weighted by molar-refractivity contribution is 5.89. The van der Waals surface area contributed by atoms with Crippen LogP contribution in [0.2, 0.25) is 0 Å². The highest BCUT2D eigenvalue weighted by atomic mass is 16.1. The Morgan fingerprint density at radius 3 is 2.84 bits per heavy atom. The Kier molecular flexibility index (Phi) is 3.51. The van der Waals surface area contributed by atoms with Gasteiger partial charge in [0.05, 0.1) is 12.0 Å². The van der Waals surface area contributed by atoms with Crippen LogP contribution in [0.4, 0.5) is 0 Å². The van der Waals surface area contributed by atoms with E-state index in [-0.39, 0.29) is 23.8 Å². The first kappa shape index (κ1) is 13.5. The van der Waals surface area contributed by atoms with Crippen molar-refractivity contribution in [3.05, 3.63) is 41.2 Å². The van der Waals surface area contributed by atoms with Crippen molar-refractivity contribution in [1.82, 2.24) is 4.98 Å². The van der Waals surface area contributed by atoms with E-state index in [4.69, 9.17) is 5.73 Å². The average Bonchev–Trinajstić information content (AvgIpc) is 2.33. The van der Waals surface area contributed by atoms with Crippen molar-refractivity contribution in [2.24, 2.45) is 16.6 Å². The maximum absolute atomic E-state index is 11.0. The van der Waals surface area contributed by atoms with E-state index in [9.17, 15) is 4.79 Å². The van der Waals surface area contributed by atoms with Crippen LogP contribution in [0.25, 0.3) is 0 Å². The molecule has 4 heteroatoms. The van der Waals surface area contributed by atoms with Gasteiger partial charge in [-0.3, -0.25) is 14.8 Å². The van der Waals surface area contributed by atoms with Crippen molar-refractivity contribution in [2.75, 3.05) is 0 Å². The zero-order valence-corrected chi connectivity index (χ0v) is 11.6. The summed E-state index contributed by atoms with van der Waals surface area (Å²) in [7, 11) is 0. The van der Waals surface area contributed by atoms with Crippen LogP contribution in [0.5, 0.6) is 0 Å². The Hall–Kier alpha value is -1.97. The molecule has 1 aromatic heterocycles. The molecule has 1 aromatic rings. The smallest absolute Gasteiger partial charge is 0.221 e. The van der Waals surface area contributed by atoms with E-state index in [0.717, 1.165) is 16.8 Å². The van der Waals surface area contributed by atoms with E-state index in [2.05, 4.69) is 36.0 Å². The van der Waals surface area contributed by atoms with Gasteiger partial charge < -0.3 is 5.73 Å². The van der Waals surface area contributed by atoms with Gasteiger partial charge in [-0.25, -0.2) is 0 Å². The minimum absolute atomic E-state index is 0.202. The minimum atomic E-state index is -0.326. The molecule has 0 radical (unpaired) electrons. The molecule has 0 spiro atoms. The Labute approximate surface area is 113 Å². The van der Waals surface area contributed by atoms with Crippen LogP contribution < -0.4 is 5.73 Å². The molecule has 0 saturated heterocycles. The largest absolute Gasteiger partial charge is 0.369 e. The third-order valence-electron chi connectivity index (χ3n) is 3.71. The molecule has 0 aromatic carbocycles. The van der Waals surface area contributed by atoms with Gasteiger partial charge in [0.15, 0.2) is 0 Å². The standard InChI is InChI=1S/C15H19N3O/c1-10-6-12(8-14(16)19)9-18-15(10,3)13-4-5-17-11(2)7-13/h4-7,9-10H,8H2,1-3H3,(H2,16,19). The molecule has 2 heterocycles. The molecular weight excluding hydrogens is 238 g/mol. The van der Waals surface area contributed by atoms with Crippen LogP contribution in [0.3, 0.4) is 0 Å². The van der Waals surface area contributed by atoms with Gasteiger partial charge in [-0.05, 0) is 37.1 Å². The normalized spacial score (nSPS) is 26.1. The number of rotatable bonds is 3. The molecule has 1 aliphatic rings. The zero-order valence-electron chi connectivity index (χ0n) is 11.6. The SMILES string of the molecule is Cc1cc(C2(C)N=CC(CC(N)=O)=CC2C)ccn1. The topological polar surface area (TPSA) is 68.3 Å². The van der Waals surface area contributed by atoms with Crippen molar-refractivity contribution in [2.45, 2.75) is 32.7 Å².